The number of benzene rings is 2. The van der Waals surface area contributed by atoms with Gasteiger partial charge >= 0.3 is 0 Å². The van der Waals surface area contributed by atoms with Gasteiger partial charge in [0.25, 0.3) is 5.91 Å². The van der Waals surface area contributed by atoms with E-state index in [9.17, 15) is 4.79 Å². The maximum atomic E-state index is 11.9. The molecule has 1 amide bonds. The molecule has 0 unspecified atom stereocenters. The smallest absolute Gasteiger partial charge is 0.277 e. The third kappa shape index (κ3) is 5.53. The van der Waals surface area contributed by atoms with Crippen molar-refractivity contribution >= 4 is 11.6 Å². The number of para-hydroxylation sites is 2. The molecule has 7 nitrogen and oxygen atoms in total. The van der Waals surface area contributed by atoms with Crippen LogP contribution in [-0.4, -0.2) is 31.9 Å². The van der Waals surface area contributed by atoms with Crippen molar-refractivity contribution in [2.45, 2.75) is 6.92 Å². The van der Waals surface area contributed by atoms with E-state index in [2.05, 4.69) is 10.5 Å². The summed E-state index contributed by atoms with van der Waals surface area (Å²) < 4.78 is 15.8. The van der Waals surface area contributed by atoms with Crippen molar-refractivity contribution in [3.05, 3.63) is 54.1 Å². The summed E-state index contributed by atoms with van der Waals surface area (Å²) in [6, 6.07) is 16.0. The van der Waals surface area contributed by atoms with Crippen LogP contribution in [0.4, 0.5) is 0 Å². The summed E-state index contributed by atoms with van der Waals surface area (Å²) in [5.74, 6) is 1.25. The van der Waals surface area contributed by atoms with Crippen molar-refractivity contribution < 1.29 is 19.0 Å². The molecule has 2 aromatic rings. The zero-order valence-corrected chi connectivity index (χ0v) is 14.6. The van der Waals surface area contributed by atoms with Crippen LogP contribution in [0.3, 0.4) is 0 Å². The number of nitrogens with one attached hydrogen (secondary N) is 1. The van der Waals surface area contributed by atoms with Crippen molar-refractivity contribution in [1.29, 1.82) is 5.26 Å². The van der Waals surface area contributed by atoms with E-state index in [0.29, 0.717) is 23.0 Å². The van der Waals surface area contributed by atoms with E-state index in [1.54, 1.807) is 49.4 Å². The van der Waals surface area contributed by atoms with Crippen LogP contribution in [0.1, 0.15) is 12.5 Å². The number of carbonyl (C=O) groups excluding carboxylic acids is 1. The average Bonchev–Trinajstić information content (AvgIpc) is 2.69. The second-order valence-electron chi connectivity index (χ2n) is 5.14. The van der Waals surface area contributed by atoms with Gasteiger partial charge in [-0.1, -0.05) is 12.1 Å². The molecule has 7 heteroatoms. The second-order valence-corrected chi connectivity index (χ2v) is 5.14. The molecule has 0 fully saturated rings. The molecule has 0 heterocycles. The molecule has 0 aliphatic rings. The highest BCUT2D eigenvalue weighted by atomic mass is 16.5. The number of carbonyl (C=O) groups is 1. The lowest BCUT2D eigenvalue weighted by atomic mass is 10.1. The fourth-order valence-electron chi connectivity index (χ4n) is 2.03. The van der Waals surface area contributed by atoms with E-state index in [0.717, 1.165) is 5.56 Å². The van der Waals surface area contributed by atoms with Crippen molar-refractivity contribution in [3.63, 3.8) is 0 Å². The highest BCUT2D eigenvalue weighted by Gasteiger charge is 2.07. The van der Waals surface area contributed by atoms with Gasteiger partial charge < -0.3 is 14.2 Å². The lowest BCUT2D eigenvalue weighted by Gasteiger charge is -2.09. The van der Waals surface area contributed by atoms with E-state index in [4.69, 9.17) is 19.5 Å². The van der Waals surface area contributed by atoms with Gasteiger partial charge in [-0.05, 0) is 48.9 Å². The Bertz CT molecular complexity index is 810. The Morgan fingerprint density at radius 2 is 1.81 bits per heavy atom. The predicted molar refractivity (Wildman–Crippen MR) is 96.4 cm³/mol. The van der Waals surface area contributed by atoms with Crippen molar-refractivity contribution in [2.24, 2.45) is 5.10 Å². The molecule has 0 aliphatic carbocycles. The topological polar surface area (TPSA) is 92.9 Å². The van der Waals surface area contributed by atoms with Gasteiger partial charge in [-0.3, -0.25) is 4.79 Å². The Balaban J connectivity index is 1.87. The number of nitriles is 1. The van der Waals surface area contributed by atoms with Gasteiger partial charge in [0.05, 0.1) is 12.8 Å². The van der Waals surface area contributed by atoms with Gasteiger partial charge in [-0.2, -0.15) is 10.4 Å². The molecule has 0 radical (unpaired) electrons. The van der Waals surface area contributed by atoms with Crippen LogP contribution >= 0.6 is 0 Å². The lowest BCUT2D eigenvalue weighted by molar-refractivity contribution is -0.123. The van der Waals surface area contributed by atoms with Crippen LogP contribution < -0.4 is 19.6 Å². The van der Waals surface area contributed by atoms with Crippen molar-refractivity contribution in [2.75, 3.05) is 20.3 Å². The average molecular weight is 353 g/mol. The Morgan fingerprint density at radius 1 is 1.12 bits per heavy atom. The number of ether oxygens (including phenoxy) is 3. The third-order valence-corrected chi connectivity index (χ3v) is 3.35. The second kappa shape index (κ2) is 9.69. The Labute approximate surface area is 151 Å². The molecule has 0 atom stereocenters. The summed E-state index contributed by atoms with van der Waals surface area (Å²) in [5, 5.41) is 12.5. The Hall–Kier alpha value is -3.53. The van der Waals surface area contributed by atoms with Crippen LogP contribution in [0, 0.1) is 11.3 Å². The molecule has 2 aromatic carbocycles. The molecule has 0 aliphatic heterocycles. The largest absolute Gasteiger partial charge is 0.493 e. The van der Waals surface area contributed by atoms with Crippen LogP contribution in [-0.2, 0) is 4.79 Å². The Kier molecular flexibility index (Phi) is 7.01. The highest BCUT2D eigenvalue weighted by molar-refractivity contribution is 5.99. The standard InChI is InChI=1S/C19H19N3O4/c1-14(15-7-9-16(10-8-15)25-12-11-20)21-22-19(23)13-26-18-6-4-3-5-17(18)24-2/h3-10H,12-13H2,1-2H3,(H,22,23)/b21-14-. The van der Waals surface area contributed by atoms with Crippen LogP contribution in [0.2, 0.25) is 0 Å². The number of hydrazone groups is 1. The molecule has 0 spiro atoms. The number of hydrogen-bond acceptors (Lipinski definition) is 6. The lowest BCUT2D eigenvalue weighted by Crippen LogP contribution is -2.25. The first-order valence-corrected chi connectivity index (χ1v) is 7.83. The minimum atomic E-state index is -0.385. The first-order chi connectivity index (χ1) is 12.6. The number of amides is 1. The number of hydrogen-bond donors (Lipinski definition) is 1. The molecule has 0 saturated carbocycles. The van der Waals surface area contributed by atoms with Gasteiger partial charge in [0.15, 0.2) is 24.7 Å². The zero-order valence-electron chi connectivity index (χ0n) is 14.6. The summed E-state index contributed by atoms with van der Waals surface area (Å²) >= 11 is 0. The maximum absolute atomic E-state index is 11.9. The maximum Gasteiger partial charge on any atom is 0.277 e. The molecular weight excluding hydrogens is 334 g/mol. The molecule has 0 saturated heterocycles. The third-order valence-electron chi connectivity index (χ3n) is 3.35. The van der Waals surface area contributed by atoms with Crippen LogP contribution in [0.5, 0.6) is 17.2 Å². The molecule has 134 valence electrons. The van der Waals surface area contributed by atoms with Gasteiger partial charge in [-0.25, -0.2) is 5.43 Å². The predicted octanol–water partition coefficient (Wildman–Crippen LogP) is 2.52. The van der Waals surface area contributed by atoms with E-state index >= 15 is 0 Å². The Morgan fingerprint density at radius 3 is 2.46 bits per heavy atom. The minimum absolute atomic E-state index is 0.00528. The molecule has 0 aromatic heterocycles. The number of nitrogens with zero attached hydrogens (tertiary/aromatic N) is 2. The quantitative estimate of drug-likeness (QED) is 0.581. The first kappa shape index (κ1) is 18.8. The summed E-state index contributed by atoms with van der Waals surface area (Å²) in [6.07, 6.45) is 0. The summed E-state index contributed by atoms with van der Waals surface area (Å²) in [7, 11) is 1.53. The summed E-state index contributed by atoms with van der Waals surface area (Å²) in [5.41, 5.74) is 3.89. The summed E-state index contributed by atoms with van der Waals surface area (Å²) in [6.45, 7) is 1.58. The first-order valence-electron chi connectivity index (χ1n) is 7.83. The fourth-order valence-corrected chi connectivity index (χ4v) is 2.03. The molecule has 2 rings (SSSR count). The van der Waals surface area contributed by atoms with Crippen molar-refractivity contribution in [1.82, 2.24) is 5.43 Å². The van der Waals surface area contributed by atoms with E-state index in [1.807, 2.05) is 12.1 Å². The van der Waals surface area contributed by atoms with E-state index < -0.39 is 0 Å². The van der Waals surface area contributed by atoms with Gasteiger partial charge in [-0.15, -0.1) is 0 Å². The van der Waals surface area contributed by atoms with Crippen LogP contribution in [0.25, 0.3) is 0 Å². The van der Waals surface area contributed by atoms with E-state index in [1.165, 1.54) is 7.11 Å². The SMILES string of the molecule is COc1ccccc1OCC(=O)N/N=C(/C)c1ccc(OCC#N)cc1. The van der Waals surface area contributed by atoms with Crippen LogP contribution in [0.15, 0.2) is 53.6 Å². The van der Waals surface area contributed by atoms with E-state index in [-0.39, 0.29) is 19.1 Å². The molecule has 1 N–H and O–H groups in total. The molecular formula is C19H19N3O4. The van der Waals surface area contributed by atoms with Gasteiger partial charge in [0.2, 0.25) is 0 Å². The van der Waals surface area contributed by atoms with Crippen molar-refractivity contribution in [3.8, 4) is 23.3 Å². The summed E-state index contributed by atoms with van der Waals surface area (Å²) in [4.78, 5) is 11.9. The monoisotopic (exact) mass is 353 g/mol. The number of methoxy groups -OCH3 is 1. The normalized spacial score (nSPS) is 10.6. The minimum Gasteiger partial charge on any atom is -0.493 e. The zero-order chi connectivity index (χ0) is 18.8. The highest BCUT2D eigenvalue weighted by Crippen LogP contribution is 2.25. The van der Waals surface area contributed by atoms with Gasteiger partial charge in [0, 0.05) is 0 Å². The number of rotatable bonds is 8. The molecule has 0 bridgehead atoms. The molecule has 26 heavy (non-hydrogen) atoms. The fraction of sp³-hybridized carbons (Fsp3) is 0.211. The van der Waals surface area contributed by atoms with Gasteiger partial charge in [0.1, 0.15) is 11.8 Å².